The minimum absolute atomic E-state index is 0.290. The number of guanidine groups is 1. The molecule has 0 aliphatic heterocycles. The molecule has 13 heavy (non-hydrogen) atoms. The summed E-state index contributed by atoms with van der Waals surface area (Å²) in [5, 5.41) is 10.3. The zero-order valence-corrected chi connectivity index (χ0v) is 8.77. The number of unbranched alkanes of at least 4 members (excludes halogenated alkanes) is 3. The molecule has 0 aromatic heterocycles. The van der Waals surface area contributed by atoms with Crippen LogP contribution in [0.5, 0.6) is 0 Å². The summed E-state index contributed by atoms with van der Waals surface area (Å²) in [6, 6.07) is 0. The van der Waals surface area contributed by atoms with Crippen LogP contribution in [0.3, 0.4) is 0 Å². The van der Waals surface area contributed by atoms with Gasteiger partial charge in [-0.05, 0) is 12.8 Å². The molecule has 3 nitrogen and oxygen atoms in total. The first-order chi connectivity index (χ1) is 6.31. The maximum absolute atomic E-state index is 7.36. The zero-order chi connectivity index (χ0) is 9.94. The molecule has 0 spiro atoms. The van der Waals surface area contributed by atoms with E-state index in [0.29, 0.717) is 5.96 Å². The molecule has 0 aromatic rings. The molecular formula is C10H21N3. The van der Waals surface area contributed by atoms with Crippen LogP contribution in [0.25, 0.3) is 0 Å². The van der Waals surface area contributed by atoms with Crippen LogP contribution in [0, 0.1) is 5.41 Å². The third kappa shape index (κ3) is 9.05. The van der Waals surface area contributed by atoms with E-state index in [1.54, 1.807) is 6.21 Å². The molecule has 0 aliphatic carbocycles. The first kappa shape index (κ1) is 12.1. The zero-order valence-electron chi connectivity index (χ0n) is 8.77. The highest BCUT2D eigenvalue weighted by Crippen LogP contribution is 1.96. The second-order valence-electron chi connectivity index (χ2n) is 3.06. The van der Waals surface area contributed by atoms with Gasteiger partial charge in [-0.3, -0.25) is 5.41 Å². The number of rotatable bonds is 6. The Morgan fingerprint density at radius 2 is 2.08 bits per heavy atom. The lowest BCUT2D eigenvalue weighted by Crippen LogP contribution is -2.21. The number of nitrogens with one attached hydrogen (secondary N) is 2. The van der Waals surface area contributed by atoms with Crippen molar-refractivity contribution < 1.29 is 0 Å². The summed E-state index contributed by atoms with van der Waals surface area (Å²) in [5.74, 6) is 0.290. The van der Waals surface area contributed by atoms with Gasteiger partial charge in [0.05, 0.1) is 0 Å². The summed E-state index contributed by atoms with van der Waals surface area (Å²) < 4.78 is 0. The molecule has 0 atom stereocenters. The van der Waals surface area contributed by atoms with E-state index >= 15 is 0 Å². The highest BCUT2D eigenvalue weighted by Gasteiger charge is 1.90. The molecule has 3 heteroatoms. The minimum Gasteiger partial charge on any atom is -0.355 e. The predicted octanol–water partition coefficient (Wildman–Crippen LogP) is 2.57. The Balaban J connectivity index is 3.22. The Bertz CT molecular complexity index is 152. The highest BCUT2D eigenvalue weighted by atomic mass is 15.1. The molecule has 0 saturated carbocycles. The molecule has 0 heterocycles. The van der Waals surface area contributed by atoms with Crippen molar-refractivity contribution in [2.45, 2.75) is 46.0 Å². The van der Waals surface area contributed by atoms with E-state index in [1.807, 2.05) is 6.92 Å². The van der Waals surface area contributed by atoms with Gasteiger partial charge in [0.15, 0.2) is 0 Å². The van der Waals surface area contributed by atoms with Gasteiger partial charge in [-0.2, -0.15) is 0 Å². The second-order valence-corrected chi connectivity index (χ2v) is 3.06. The molecule has 0 unspecified atom stereocenters. The lowest BCUT2D eigenvalue weighted by molar-refractivity contribution is 0.652. The fourth-order valence-electron chi connectivity index (χ4n) is 0.987. The predicted molar refractivity (Wildman–Crippen MR) is 58.7 cm³/mol. The second kappa shape index (κ2) is 9.23. The average Bonchev–Trinajstić information content (AvgIpc) is 2.14. The molecule has 0 rings (SSSR count). The summed E-state index contributed by atoms with van der Waals surface area (Å²) >= 11 is 0. The van der Waals surface area contributed by atoms with Crippen LogP contribution in [0.2, 0.25) is 0 Å². The monoisotopic (exact) mass is 183 g/mol. The molecule has 0 aliphatic rings. The average molecular weight is 183 g/mol. The van der Waals surface area contributed by atoms with Gasteiger partial charge < -0.3 is 5.32 Å². The van der Waals surface area contributed by atoms with Gasteiger partial charge in [0, 0.05) is 12.8 Å². The van der Waals surface area contributed by atoms with E-state index in [9.17, 15) is 0 Å². The maximum atomic E-state index is 7.36. The van der Waals surface area contributed by atoms with Crippen molar-refractivity contribution in [3.8, 4) is 0 Å². The number of hydrogen-bond acceptors (Lipinski definition) is 1. The van der Waals surface area contributed by atoms with E-state index < -0.39 is 0 Å². The Labute approximate surface area is 81.2 Å². The van der Waals surface area contributed by atoms with Crippen molar-refractivity contribution >= 4 is 12.2 Å². The Morgan fingerprint density at radius 1 is 1.31 bits per heavy atom. The van der Waals surface area contributed by atoms with Crippen LogP contribution < -0.4 is 5.32 Å². The highest BCUT2D eigenvalue weighted by molar-refractivity contribution is 5.85. The van der Waals surface area contributed by atoms with Crippen molar-refractivity contribution in [3.05, 3.63) is 0 Å². The Kier molecular flexibility index (Phi) is 8.62. The summed E-state index contributed by atoms with van der Waals surface area (Å²) in [4.78, 5) is 3.91. The molecular weight excluding hydrogens is 162 g/mol. The number of aliphatic imine (C=N–C) groups is 1. The lowest BCUT2D eigenvalue weighted by atomic mass is 10.2. The van der Waals surface area contributed by atoms with Crippen LogP contribution >= 0.6 is 0 Å². The van der Waals surface area contributed by atoms with E-state index in [1.165, 1.54) is 19.3 Å². The van der Waals surface area contributed by atoms with Crippen LogP contribution in [0.15, 0.2) is 4.99 Å². The van der Waals surface area contributed by atoms with Gasteiger partial charge in [0.2, 0.25) is 5.96 Å². The van der Waals surface area contributed by atoms with Crippen LogP contribution in [0.1, 0.15) is 46.0 Å². The molecule has 0 fully saturated rings. The number of hydrogen-bond donors (Lipinski definition) is 2. The quantitative estimate of drug-likeness (QED) is 0.371. The van der Waals surface area contributed by atoms with E-state index in [4.69, 9.17) is 5.41 Å². The van der Waals surface area contributed by atoms with E-state index in [2.05, 4.69) is 17.2 Å². The lowest BCUT2D eigenvalue weighted by Gasteiger charge is -2.02. The summed E-state index contributed by atoms with van der Waals surface area (Å²) in [7, 11) is 0. The molecule has 0 bridgehead atoms. The van der Waals surface area contributed by atoms with Gasteiger partial charge in [0.25, 0.3) is 0 Å². The minimum atomic E-state index is 0.290. The topological polar surface area (TPSA) is 48.2 Å². The van der Waals surface area contributed by atoms with Crippen molar-refractivity contribution in [1.29, 1.82) is 5.41 Å². The first-order valence-corrected chi connectivity index (χ1v) is 5.16. The third-order valence-corrected chi connectivity index (χ3v) is 1.73. The Hall–Kier alpha value is -0.860. The van der Waals surface area contributed by atoms with Gasteiger partial charge >= 0.3 is 0 Å². The van der Waals surface area contributed by atoms with Crippen LogP contribution in [0.4, 0.5) is 0 Å². The van der Waals surface area contributed by atoms with Crippen molar-refractivity contribution in [3.63, 3.8) is 0 Å². The smallest absolute Gasteiger partial charge is 0.214 e. The third-order valence-electron chi connectivity index (χ3n) is 1.73. The van der Waals surface area contributed by atoms with Gasteiger partial charge in [-0.25, -0.2) is 4.99 Å². The fraction of sp³-hybridized carbons (Fsp3) is 0.800. The summed E-state index contributed by atoms with van der Waals surface area (Å²) in [6.45, 7) is 5.08. The molecule has 0 saturated heterocycles. The number of nitrogens with zero attached hydrogens (tertiary/aromatic N) is 1. The van der Waals surface area contributed by atoms with Gasteiger partial charge in [-0.1, -0.05) is 33.1 Å². The molecule has 0 amide bonds. The normalized spacial score (nSPS) is 10.6. The van der Waals surface area contributed by atoms with Crippen molar-refractivity contribution in [1.82, 2.24) is 5.32 Å². The largest absolute Gasteiger partial charge is 0.355 e. The SMILES string of the molecule is CCC=NC(=N)NCCCCCC. The van der Waals surface area contributed by atoms with Crippen LogP contribution in [-0.2, 0) is 0 Å². The standard InChI is InChI=1S/C10H21N3/c1-3-5-6-7-9-13-10(11)12-8-4-2/h8H,3-7,9H2,1-2H3,(H2,11,13). The molecule has 0 radical (unpaired) electrons. The molecule has 0 aromatic carbocycles. The first-order valence-electron chi connectivity index (χ1n) is 5.16. The molecule has 2 N–H and O–H groups in total. The van der Waals surface area contributed by atoms with Crippen molar-refractivity contribution in [2.75, 3.05) is 6.54 Å². The van der Waals surface area contributed by atoms with E-state index in [-0.39, 0.29) is 0 Å². The summed E-state index contributed by atoms with van der Waals surface area (Å²) in [5.41, 5.74) is 0. The van der Waals surface area contributed by atoms with Gasteiger partial charge in [-0.15, -0.1) is 0 Å². The van der Waals surface area contributed by atoms with Crippen molar-refractivity contribution in [2.24, 2.45) is 4.99 Å². The fourth-order valence-corrected chi connectivity index (χ4v) is 0.987. The van der Waals surface area contributed by atoms with E-state index in [0.717, 1.165) is 19.4 Å². The summed E-state index contributed by atoms with van der Waals surface area (Å²) in [6.07, 6.45) is 7.56. The van der Waals surface area contributed by atoms with Crippen LogP contribution in [-0.4, -0.2) is 18.7 Å². The van der Waals surface area contributed by atoms with Gasteiger partial charge in [0.1, 0.15) is 0 Å². The molecule has 76 valence electrons. The Morgan fingerprint density at radius 3 is 2.69 bits per heavy atom. The maximum Gasteiger partial charge on any atom is 0.214 e.